The third-order valence-corrected chi connectivity index (χ3v) is 6.32. The highest BCUT2D eigenvalue weighted by Gasteiger charge is 2.34. The Balaban J connectivity index is 2.41. The smallest absolute Gasteiger partial charge is 0.309 e. The van der Waals surface area contributed by atoms with Crippen molar-refractivity contribution < 1.29 is 44.3 Å². The Morgan fingerprint density at radius 3 is 2.16 bits per heavy atom. The number of esters is 2. The first kappa shape index (κ1) is 29.7. The Hall–Kier alpha value is -3.53. The number of aromatic nitrogens is 1. The molecule has 3 atom stereocenters. The number of benzene rings is 1. The van der Waals surface area contributed by atoms with Crippen LogP contribution in [-0.4, -0.2) is 62.7 Å². The number of aliphatic hydroxyl groups excluding tert-OH is 1. The van der Waals surface area contributed by atoms with Crippen molar-refractivity contribution in [2.45, 2.75) is 52.9 Å². The standard InChI is InChI=1S/C27H37NO9/c1-4-5-12-36-26(34)19(14-17(2)25(32)33)15-20(27(35)37-13-11-29)16-22-18(3)23(30)28(24(22)31)21-9-7-6-8-10-21/h6-10,17,19-20,29-31H,4-5,11-16H2,1-3H3,(H,32,33). The lowest BCUT2D eigenvalue weighted by Gasteiger charge is -2.23. The molecule has 0 aliphatic carbocycles. The molecule has 1 aromatic carbocycles. The third-order valence-electron chi connectivity index (χ3n) is 6.32. The molecule has 10 nitrogen and oxygen atoms in total. The SMILES string of the molecule is CCCCOC(=O)C(CC(C)C(=O)O)CC(Cc1c(C)c(O)n(-c2ccccc2)c1O)C(=O)OCCO. The van der Waals surface area contributed by atoms with Gasteiger partial charge in [-0.15, -0.1) is 0 Å². The number of para-hydroxylation sites is 1. The number of ether oxygens (including phenoxy) is 2. The summed E-state index contributed by atoms with van der Waals surface area (Å²) < 4.78 is 11.8. The summed E-state index contributed by atoms with van der Waals surface area (Å²) in [6.45, 7) is 4.54. The average Bonchev–Trinajstić information content (AvgIpc) is 3.09. The molecule has 0 aliphatic rings. The molecule has 2 aromatic rings. The topological polar surface area (TPSA) is 156 Å². The van der Waals surface area contributed by atoms with E-state index in [2.05, 4.69) is 0 Å². The Morgan fingerprint density at radius 2 is 1.57 bits per heavy atom. The summed E-state index contributed by atoms with van der Waals surface area (Å²) in [7, 11) is 0. The van der Waals surface area contributed by atoms with E-state index in [-0.39, 0.29) is 49.8 Å². The molecule has 0 bridgehead atoms. The predicted molar refractivity (Wildman–Crippen MR) is 134 cm³/mol. The van der Waals surface area contributed by atoms with Gasteiger partial charge in [-0.1, -0.05) is 38.5 Å². The van der Waals surface area contributed by atoms with Crippen LogP contribution in [0.15, 0.2) is 30.3 Å². The fraction of sp³-hybridized carbons (Fsp3) is 0.519. The van der Waals surface area contributed by atoms with Gasteiger partial charge in [0, 0.05) is 11.1 Å². The summed E-state index contributed by atoms with van der Waals surface area (Å²) >= 11 is 0. The lowest BCUT2D eigenvalue weighted by molar-refractivity contribution is -0.154. The molecular formula is C27H37NO9. The van der Waals surface area contributed by atoms with Crippen LogP contribution in [0.5, 0.6) is 11.8 Å². The zero-order chi connectivity index (χ0) is 27.5. The third kappa shape index (κ3) is 7.98. The van der Waals surface area contributed by atoms with Gasteiger partial charge < -0.3 is 29.9 Å². The van der Waals surface area contributed by atoms with Crippen molar-refractivity contribution in [2.75, 3.05) is 19.8 Å². The Labute approximate surface area is 216 Å². The van der Waals surface area contributed by atoms with Crippen molar-refractivity contribution in [2.24, 2.45) is 17.8 Å². The van der Waals surface area contributed by atoms with E-state index in [9.17, 15) is 29.7 Å². The number of hydrogen-bond acceptors (Lipinski definition) is 8. The van der Waals surface area contributed by atoms with Gasteiger partial charge in [0.05, 0.1) is 36.7 Å². The number of carboxylic acid groups (broad SMARTS) is 1. The molecule has 3 unspecified atom stereocenters. The number of carboxylic acids is 1. The highest BCUT2D eigenvalue weighted by atomic mass is 16.5. The molecular weight excluding hydrogens is 482 g/mol. The average molecular weight is 520 g/mol. The van der Waals surface area contributed by atoms with E-state index in [4.69, 9.17) is 14.6 Å². The zero-order valence-corrected chi connectivity index (χ0v) is 21.6. The van der Waals surface area contributed by atoms with Gasteiger partial charge in [0.1, 0.15) is 6.61 Å². The van der Waals surface area contributed by atoms with E-state index in [0.717, 1.165) is 6.42 Å². The molecule has 0 spiro atoms. The van der Waals surface area contributed by atoms with E-state index in [1.54, 1.807) is 37.3 Å². The van der Waals surface area contributed by atoms with Gasteiger partial charge in [-0.2, -0.15) is 0 Å². The molecule has 204 valence electrons. The molecule has 4 N–H and O–H groups in total. The number of carbonyl (C=O) groups excluding carboxylic acids is 2. The summed E-state index contributed by atoms with van der Waals surface area (Å²) in [4.78, 5) is 37.4. The van der Waals surface area contributed by atoms with Crippen molar-refractivity contribution >= 4 is 17.9 Å². The maximum absolute atomic E-state index is 13.0. The van der Waals surface area contributed by atoms with E-state index < -0.39 is 42.3 Å². The number of aliphatic hydroxyl groups is 1. The molecule has 0 fully saturated rings. The summed E-state index contributed by atoms with van der Waals surface area (Å²) in [6.07, 6.45) is 1.22. The lowest BCUT2D eigenvalue weighted by Crippen LogP contribution is -2.30. The second-order valence-electron chi connectivity index (χ2n) is 9.14. The maximum atomic E-state index is 13.0. The fourth-order valence-corrected chi connectivity index (χ4v) is 4.14. The van der Waals surface area contributed by atoms with E-state index in [1.165, 1.54) is 11.5 Å². The molecule has 2 rings (SSSR count). The summed E-state index contributed by atoms with van der Waals surface area (Å²) in [6, 6.07) is 8.68. The molecule has 0 aliphatic heterocycles. The maximum Gasteiger partial charge on any atom is 0.309 e. The normalized spacial score (nSPS) is 13.5. The molecule has 0 radical (unpaired) electrons. The Kier molecular flexibility index (Phi) is 11.5. The second kappa shape index (κ2) is 14.3. The minimum Gasteiger partial charge on any atom is -0.494 e. The minimum atomic E-state index is -1.08. The van der Waals surface area contributed by atoms with Crippen LogP contribution in [0.25, 0.3) is 5.69 Å². The molecule has 0 saturated carbocycles. The largest absolute Gasteiger partial charge is 0.494 e. The molecule has 1 aromatic heterocycles. The number of rotatable bonds is 15. The quantitative estimate of drug-likeness (QED) is 0.205. The van der Waals surface area contributed by atoms with Crippen LogP contribution in [0.2, 0.25) is 0 Å². The highest BCUT2D eigenvalue weighted by Crippen LogP contribution is 2.38. The van der Waals surface area contributed by atoms with Crippen molar-refractivity contribution in [3.63, 3.8) is 0 Å². The first-order chi connectivity index (χ1) is 17.6. The van der Waals surface area contributed by atoms with Crippen LogP contribution in [-0.2, 0) is 30.3 Å². The summed E-state index contributed by atoms with van der Waals surface area (Å²) in [5.41, 5.74) is 1.15. The van der Waals surface area contributed by atoms with Crippen LogP contribution in [0.3, 0.4) is 0 Å². The fourth-order valence-electron chi connectivity index (χ4n) is 4.14. The number of aromatic hydroxyl groups is 2. The van der Waals surface area contributed by atoms with Gasteiger partial charge in [-0.25, -0.2) is 0 Å². The number of aliphatic carboxylic acids is 1. The molecule has 0 amide bonds. The number of carbonyl (C=O) groups is 3. The van der Waals surface area contributed by atoms with Gasteiger partial charge in [-0.3, -0.25) is 19.0 Å². The van der Waals surface area contributed by atoms with Crippen molar-refractivity contribution in [3.05, 3.63) is 41.5 Å². The van der Waals surface area contributed by atoms with Gasteiger partial charge in [0.15, 0.2) is 0 Å². The van der Waals surface area contributed by atoms with Crippen LogP contribution in [0.1, 0.15) is 50.7 Å². The van der Waals surface area contributed by atoms with Crippen LogP contribution >= 0.6 is 0 Å². The molecule has 0 saturated heterocycles. The number of nitrogens with zero attached hydrogens (tertiary/aromatic N) is 1. The van der Waals surface area contributed by atoms with Gasteiger partial charge in [0.25, 0.3) is 0 Å². The van der Waals surface area contributed by atoms with Crippen LogP contribution in [0.4, 0.5) is 0 Å². The second-order valence-corrected chi connectivity index (χ2v) is 9.14. The van der Waals surface area contributed by atoms with Crippen molar-refractivity contribution in [3.8, 4) is 17.4 Å². The van der Waals surface area contributed by atoms with Crippen LogP contribution < -0.4 is 0 Å². The van der Waals surface area contributed by atoms with Gasteiger partial charge >= 0.3 is 17.9 Å². The van der Waals surface area contributed by atoms with E-state index in [0.29, 0.717) is 17.7 Å². The first-order valence-electron chi connectivity index (χ1n) is 12.5. The summed E-state index contributed by atoms with van der Waals surface area (Å²) in [5.74, 6) is -5.62. The monoisotopic (exact) mass is 519 g/mol. The highest BCUT2D eigenvalue weighted by molar-refractivity contribution is 5.77. The number of hydrogen-bond donors (Lipinski definition) is 4. The Morgan fingerprint density at radius 1 is 0.946 bits per heavy atom. The van der Waals surface area contributed by atoms with E-state index in [1.807, 2.05) is 6.92 Å². The summed E-state index contributed by atoms with van der Waals surface area (Å²) in [5, 5.41) is 40.2. The van der Waals surface area contributed by atoms with Crippen molar-refractivity contribution in [1.82, 2.24) is 4.57 Å². The van der Waals surface area contributed by atoms with Gasteiger partial charge in [-0.05, 0) is 44.7 Å². The van der Waals surface area contributed by atoms with Crippen LogP contribution in [0, 0.1) is 24.7 Å². The van der Waals surface area contributed by atoms with Gasteiger partial charge in [0.2, 0.25) is 11.8 Å². The lowest BCUT2D eigenvalue weighted by atomic mass is 9.84. The van der Waals surface area contributed by atoms with E-state index >= 15 is 0 Å². The molecule has 1 heterocycles. The molecule has 37 heavy (non-hydrogen) atoms. The molecule has 10 heteroatoms. The predicted octanol–water partition coefficient (Wildman–Crippen LogP) is 3.35. The minimum absolute atomic E-state index is 0.0503. The van der Waals surface area contributed by atoms with Crippen molar-refractivity contribution in [1.29, 1.82) is 0 Å². The first-order valence-corrected chi connectivity index (χ1v) is 12.5. The zero-order valence-electron chi connectivity index (χ0n) is 21.6. The Bertz CT molecular complexity index is 1050. The number of unbranched alkanes of at least 4 members (excludes halogenated alkanes) is 1.